The van der Waals surface area contributed by atoms with Crippen molar-refractivity contribution in [2.75, 3.05) is 4.90 Å². The van der Waals surface area contributed by atoms with Crippen molar-refractivity contribution in [1.29, 1.82) is 0 Å². The zero-order valence-corrected chi connectivity index (χ0v) is 42.8. The van der Waals surface area contributed by atoms with Gasteiger partial charge in [0.2, 0.25) is 0 Å². The molecule has 15 rings (SSSR count). The molecule has 1 atom stereocenters. The van der Waals surface area contributed by atoms with Crippen LogP contribution in [0, 0.1) is 0 Å². The zero-order valence-electron chi connectivity index (χ0n) is 42.8. The fraction of sp³-hybridized carbons (Fsp3) is 0.0526. The van der Waals surface area contributed by atoms with Gasteiger partial charge in [-0.1, -0.05) is 273 Å². The average Bonchev–Trinajstić information content (AvgIpc) is 3.88. The summed E-state index contributed by atoms with van der Waals surface area (Å²) in [6.07, 6.45) is 0. The molecule has 0 radical (unpaired) electrons. The fourth-order valence-electron chi connectivity index (χ4n) is 14.3. The first-order chi connectivity index (χ1) is 38.1. The highest BCUT2D eigenvalue weighted by atomic mass is 15.1. The maximum atomic E-state index is 2.55. The SMILES string of the molecule is CC1(c2ccccc2)c2ccccc2-c2c(-c3ccc(N(c4ccc5c(c4)C(c4ccccc4)(c4ccccc4)c4ccccc4-5)c4cccc5c4-c4ccccc4C5(c4ccccc4)c4ccccc4)cc3)cccc21. The average molecular weight is 980 g/mol. The van der Waals surface area contributed by atoms with E-state index in [9.17, 15) is 0 Å². The molecule has 0 heterocycles. The molecule has 77 heavy (non-hydrogen) atoms. The summed E-state index contributed by atoms with van der Waals surface area (Å²) in [5.41, 5.74) is 26.0. The van der Waals surface area contributed by atoms with Gasteiger partial charge in [0.15, 0.2) is 0 Å². The third-order valence-corrected chi connectivity index (χ3v) is 17.5. The number of anilines is 3. The van der Waals surface area contributed by atoms with Gasteiger partial charge in [-0.25, -0.2) is 0 Å². The van der Waals surface area contributed by atoms with E-state index in [-0.39, 0.29) is 5.41 Å². The van der Waals surface area contributed by atoms with Crippen molar-refractivity contribution < 1.29 is 0 Å². The molecule has 12 aromatic rings. The molecule has 0 amide bonds. The van der Waals surface area contributed by atoms with Crippen LogP contribution in [0.1, 0.15) is 68.1 Å². The van der Waals surface area contributed by atoms with E-state index < -0.39 is 10.8 Å². The van der Waals surface area contributed by atoms with E-state index in [0.717, 1.165) is 17.1 Å². The van der Waals surface area contributed by atoms with Crippen LogP contribution in [-0.2, 0) is 16.2 Å². The van der Waals surface area contributed by atoms with Gasteiger partial charge in [-0.15, -0.1) is 0 Å². The minimum absolute atomic E-state index is 0.291. The first-order valence-corrected chi connectivity index (χ1v) is 27.0. The smallest absolute Gasteiger partial charge is 0.0714 e. The first kappa shape index (κ1) is 44.9. The van der Waals surface area contributed by atoms with E-state index in [2.05, 4.69) is 315 Å². The Morgan fingerprint density at radius 1 is 0.247 bits per heavy atom. The molecule has 0 spiro atoms. The van der Waals surface area contributed by atoms with Gasteiger partial charge < -0.3 is 4.90 Å². The van der Waals surface area contributed by atoms with Gasteiger partial charge in [0.05, 0.1) is 16.5 Å². The second-order valence-corrected chi connectivity index (χ2v) is 21.1. The summed E-state index contributed by atoms with van der Waals surface area (Å²) in [5, 5.41) is 0. The van der Waals surface area contributed by atoms with Crippen molar-refractivity contribution in [2.24, 2.45) is 0 Å². The molecule has 0 aromatic heterocycles. The Morgan fingerprint density at radius 2 is 0.636 bits per heavy atom. The zero-order chi connectivity index (χ0) is 51.1. The molecule has 1 unspecified atom stereocenters. The number of rotatable bonds is 9. The monoisotopic (exact) mass is 979 g/mol. The molecular formula is C76H53N. The van der Waals surface area contributed by atoms with Gasteiger partial charge in [-0.2, -0.15) is 0 Å². The molecule has 0 saturated heterocycles. The molecule has 0 saturated carbocycles. The van der Waals surface area contributed by atoms with Crippen molar-refractivity contribution in [3.05, 3.63) is 365 Å². The van der Waals surface area contributed by atoms with Gasteiger partial charge >= 0.3 is 0 Å². The predicted molar refractivity (Wildman–Crippen MR) is 319 cm³/mol. The summed E-state index contributed by atoms with van der Waals surface area (Å²) in [6.45, 7) is 2.40. The molecule has 3 aliphatic carbocycles. The van der Waals surface area contributed by atoms with Gasteiger partial charge in [-0.3, -0.25) is 0 Å². The lowest BCUT2D eigenvalue weighted by atomic mass is 9.67. The second-order valence-electron chi connectivity index (χ2n) is 21.1. The molecule has 1 heteroatoms. The topological polar surface area (TPSA) is 3.24 Å². The Balaban J connectivity index is 0.986. The first-order valence-electron chi connectivity index (χ1n) is 27.0. The van der Waals surface area contributed by atoms with Gasteiger partial charge in [0.25, 0.3) is 0 Å². The molecule has 0 fully saturated rings. The van der Waals surface area contributed by atoms with Crippen LogP contribution >= 0.6 is 0 Å². The van der Waals surface area contributed by atoms with Gasteiger partial charge in [0.1, 0.15) is 0 Å². The van der Waals surface area contributed by atoms with Crippen LogP contribution in [0.5, 0.6) is 0 Å². The standard InChI is InChI=1S/C76H53N/c1-74(53-25-7-2-8-26-53)65-39-20-18-36-63(65)72-60(38-23-42-68(72)74)52-45-47-58(48-46-52)77(59-49-50-62-61-35-17-21-40-66(61)76(70(62)51-59,56-31-13-5-14-32-56)57-33-15-6-16-34-57)71-44-24-43-69-73(71)64-37-19-22-41-67(64)75(69,54-27-9-3-10-28-54)55-29-11-4-12-30-55/h2-51H,1H3. The third kappa shape index (κ3) is 6.35. The minimum atomic E-state index is -0.570. The third-order valence-electron chi connectivity index (χ3n) is 17.5. The van der Waals surface area contributed by atoms with E-state index in [1.54, 1.807) is 0 Å². The second kappa shape index (κ2) is 17.5. The van der Waals surface area contributed by atoms with E-state index in [4.69, 9.17) is 0 Å². The number of fused-ring (bicyclic) bond motifs is 9. The number of hydrogen-bond acceptors (Lipinski definition) is 1. The summed E-state index contributed by atoms with van der Waals surface area (Å²) in [4.78, 5) is 2.55. The summed E-state index contributed by atoms with van der Waals surface area (Å²) < 4.78 is 0. The van der Waals surface area contributed by atoms with Crippen LogP contribution in [0.3, 0.4) is 0 Å². The van der Waals surface area contributed by atoms with Crippen LogP contribution in [0.2, 0.25) is 0 Å². The van der Waals surface area contributed by atoms with Crippen molar-refractivity contribution in [3.63, 3.8) is 0 Å². The molecule has 3 aliphatic rings. The number of nitrogens with zero attached hydrogens (tertiary/aromatic N) is 1. The summed E-state index contributed by atoms with van der Waals surface area (Å²) in [6, 6.07) is 113. The highest BCUT2D eigenvalue weighted by Crippen LogP contribution is 2.62. The number of benzene rings is 12. The van der Waals surface area contributed by atoms with Crippen molar-refractivity contribution in [1.82, 2.24) is 0 Å². The van der Waals surface area contributed by atoms with E-state index in [1.165, 1.54) is 106 Å². The van der Waals surface area contributed by atoms with Crippen molar-refractivity contribution >= 4 is 17.1 Å². The van der Waals surface area contributed by atoms with Gasteiger partial charge in [0, 0.05) is 22.4 Å². The molecule has 0 N–H and O–H groups in total. The largest absolute Gasteiger partial charge is 0.310 e. The van der Waals surface area contributed by atoms with E-state index in [0.29, 0.717) is 0 Å². The maximum absolute atomic E-state index is 2.55. The lowest BCUT2D eigenvalue weighted by Crippen LogP contribution is -2.29. The Morgan fingerprint density at radius 3 is 1.21 bits per heavy atom. The Kier molecular flexibility index (Phi) is 10.2. The van der Waals surface area contributed by atoms with Crippen LogP contribution in [-0.4, -0.2) is 0 Å². The van der Waals surface area contributed by atoms with Crippen molar-refractivity contribution in [3.8, 4) is 44.5 Å². The minimum Gasteiger partial charge on any atom is -0.310 e. The predicted octanol–water partition coefficient (Wildman–Crippen LogP) is 18.9. The molecule has 0 aliphatic heterocycles. The lowest BCUT2D eigenvalue weighted by Gasteiger charge is -2.35. The Labute approximate surface area is 451 Å². The van der Waals surface area contributed by atoms with E-state index in [1.807, 2.05) is 0 Å². The maximum Gasteiger partial charge on any atom is 0.0714 e. The highest BCUT2D eigenvalue weighted by molar-refractivity contribution is 5.99. The summed E-state index contributed by atoms with van der Waals surface area (Å²) in [7, 11) is 0. The van der Waals surface area contributed by atoms with E-state index >= 15 is 0 Å². The summed E-state index contributed by atoms with van der Waals surface area (Å²) >= 11 is 0. The molecule has 12 aromatic carbocycles. The van der Waals surface area contributed by atoms with Crippen LogP contribution in [0.15, 0.2) is 303 Å². The quantitative estimate of drug-likeness (QED) is 0.139. The number of hydrogen-bond donors (Lipinski definition) is 0. The van der Waals surface area contributed by atoms with Crippen LogP contribution < -0.4 is 4.90 Å². The summed E-state index contributed by atoms with van der Waals surface area (Å²) in [5.74, 6) is 0. The Bertz CT molecular complexity index is 4120. The molecular weight excluding hydrogens is 927 g/mol. The van der Waals surface area contributed by atoms with Crippen LogP contribution in [0.4, 0.5) is 17.1 Å². The van der Waals surface area contributed by atoms with Crippen LogP contribution in [0.25, 0.3) is 44.5 Å². The Hall–Kier alpha value is -9.56. The highest BCUT2D eigenvalue weighted by Gasteiger charge is 2.49. The molecule has 1 nitrogen and oxygen atoms in total. The normalized spacial score (nSPS) is 15.6. The lowest BCUT2D eigenvalue weighted by molar-refractivity contribution is 0.714. The fourth-order valence-corrected chi connectivity index (χ4v) is 14.3. The van der Waals surface area contributed by atoms with Crippen molar-refractivity contribution in [2.45, 2.75) is 23.2 Å². The molecule has 362 valence electrons. The van der Waals surface area contributed by atoms with Gasteiger partial charge in [-0.05, 0) is 137 Å². The molecule has 0 bridgehead atoms.